The zero-order valence-electron chi connectivity index (χ0n) is 17.9. The van der Waals surface area contributed by atoms with Gasteiger partial charge in [0, 0.05) is 19.0 Å². The lowest BCUT2D eigenvalue weighted by molar-refractivity contribution is -0.141. The number of carbonyl (C=O) groups excluding carboxylic acids is 2. The molecule has 0 fully saturated rings. The van der Waals surface area contributed by atoms with Crippen molar-refractivity contribution in [2.45, 2.75) is 59.2 Å². The van der Waals surface area contributed by atoms with Crippen LogP contribution in [0.3, 0.4) is 0 Å². The lowest BCUT2D eigenvalue weighted by Gasteiger charge is -2.29. The number of aryl methyl sites for hydroxylation is 1. The van der Waals surface area contributed by atoms with Gasteiger partial charge in [0.05, 0.1) is 6.61 Å². The molecule has 0 aromatic heterocycles. The molecular weight excluding hydrogens is 364 g/mol. The van der Waals surface area contributed by atoms with Crippen LogP contribution in [0.25, 0.3) is 0 Å². The van der Waals surface area contributed by atoms with Gasteiger partial charge >= 0.3 is 0 Å². The van der Waals surface area contributed by atoms with Gasteiger partial charge in [0.25, 0.3) is 0 Å². The molecule has 2 amide bonds. The van der Waals surface area contributed by atoms with Crippen molar-refractivity contribution in [2.24, 2.45) is 0 Å². The first kappa shape index (κ1) is 22.5. The fourth-order valence-electron chi connectivity index (χ4n) is 3.07. The van der Waals surface area contributed by atoms with Crippen LogP contribution in [0.5, 0.6) is 5.75 Å². The number of para-hydroxylation sites is 1. The Kier molecular flexibility index (Phi) is 8.71. The van der Waals surface area contributed by atoms with Crippen LogP contribution in [0.1, 0.15) is 44.7 Å². The summed E-state index contributed by atoms with van der Waals surface area (Å²) in [6.45, 7) is 8.50. The van der Waals surface area contributed by atoms with Gasteiger partial charge in [-0.05, 0) is 51.8 Å². The van der Waals surface area contributed by atoms with Crippen LogP contribution in [0, 0.1) is 6.92 Å². The molecule has 0 unspecified atom stereocenters. The number of ether oxygens (including phenoxy) is 1. The molecule has 0 bridgehead atoms. The molecule has 0 aliphatic carbocycles. The molecule has 5 heteroatoms. The van der Waals surface area contributed by atoms with E-state index in [0.717, 1.165) is 16.9 Å². The molecule has 2 aromatic carbocycles. The van der Waals surface area contributed by atoms with Gasteiger partial charge in [0.2, 0.25) is 11.8 Å². The van der Waals surface area contributed by atoms with Crippen LogP contribution in [-0.2, 0) is 16.1 Å². The van der Waals surface area contributed by atoms with E-state index in [4.69, 9.17) is 4.74 Å². The van der Waals surface area contributed by atoms with Crippen molar-refractivity contribution in [3.05, 3.63) is 65.7 Å². The number of hydrogen-bond donors (Lipinski definition) is 1. The first-order valence-electron chi connectivity index (χ1n) is 10.2. The Morgan fingerprint density at radius 1 is 1.03 bits per heavy atom. The van der Waals surface area contributed by atoms with E-state index in [2.05, 4.69) is 5.32 Å². The van der Waals surface area contributed by atoms with Crippen LogP contribution in [0.2, 0.25) is 0 Å². The molecule has 0 spiro atoms. The monoisotopic (exact) mass is 396 g/mol. The summed E-state index contributed by atoms with van der Waals surface area (Å²) >= 11 is 0. The summed E-state index contributed by atoms with van der Waals surface area (Å²) in [6.07, 6.45) is 0.925. The molecule has 2 rings (SSSR count). The van der Waals surface area contributed by atoms with Gasteiger partial charge in [0.15, 0.2) is 0 Å². The van der Waals surface area contributed by atoms with Crippen molar-refractivity contribution in [3.63, 3.8) is 0 Å². The van der Waals surface area contributed by atoms with E-state index in [1.54, 1.807) is 11.8 Å². The fraction of sp³-hybridized carbons (Fsp3) is 0.417. The number of rotatable bonds is 10. The van der Waals surface area contributed by atoms with Gasteiger partial charge < -0.3 is 15.0 Å². The summed E-state index contributed by atoms with van der Waals surface area (Å²) in [6, 6.07) is 17.1. The van der Waals surface area contributed by atoms with Gasteiger partial charge in [-0.2, -0.15) is 0 Å². The maximum atomic E-state index is 13.0. The Morgan fingerprint density at radius 2 is 1.76 bits per heavy atom. The highest BCUT2D eigenvalue weighted by atomic mass is 16.5. The van der Waals surface area contributed by atoms with Crippen LogP contribution in [0.4, 0.5) is 0 Å². The maximum absolute atomic E-state index is 13.0. The number of amides is 2. The summed E-state index contributed by atoms with van der Waals surface area (Å²) in [5.74, 6) is 0.609. The lowest BCUT2D eigenvalue weighted by Crippen LogP contribution is -2.49. The normalized spacial score (nSPS) is 11.8. The van der Waals surface area contributed by atoms with E-state index in [-0.39, 0.29) is 17.9 Å². The Bertz CT molecular complexity index is 790. The zero-order valence-corrected chi connectivity index (χ0v) is 17.9. The van der Waals surface area contributed by atoms with Crippen LogP contribution < -0.4 is 10.1 Å². The van der Waals surface area contributed by atoms with Crippen LogP contribution in [-0.4, -0.2) is 35.4 Å². The highest BCUT2D eigenvalue weighted by Crippen LogP contribution is 2.14. The van der Waals surface area contributed by atoms with Crippen LogP contribution in [0.15, 0.2) is 54.6 Å². The third-order valence-corrected chi connectivity index (χ3v) is 4.58. The van der Waals surface area contributed by atoms with Crippen molar-refractivity contribution in [3.8, 4) is 5.75 Å². The second-order valence-corrected chi connectivity index (χ2v) is 7.62. The molecule has 0 saturated carbocycles. The van der Waals surface area contributed by atoms with E-state index in [0.29, 0.717) is 26.0 Å². The highest BCUT2D eigenvalue weighted by molar-refractivity contribution is 5.87. The Morgan fingerprint density at radius 3 is 2.41 bits per heavy atom. The van der Waals surface area contributed by atoms with Gasteiger partial charge in [-0.25, -0.2) is 0 Å². The van der Waals surface area contributed by atoms with Crippen molar-refractivity contribution in [2.75, 3.05) is 6.61 Å². The second kappa shape index (κ2) is 11.2. The summed E-state index contributed by atoms with van der Waals surface area (Å²) in [4.78, 5) is 27.2. The van der Waals surface area contributed by atoms with Gasteiger partial charge in [0.1, 0.15) is 11.8 Å². The third kappa shape index (κ3) is 7.60. The first-order chi connectivity index (χ1) is 13.9. The van der Waals surface area contributed by atoms with Gasteiger partial charge in [-0.15, -0.1) is 0 Å². The summed E-state index contributed by atoms with van der Waals surface area (Å²) in [7, 11) is 0. The van der Waals surface area contributed by atoms with Crippen molar-refractivity contribution in [1.29, 1.82) is 0 Å². The Hall–Kier alpha value is -2.82. The molecule has 0 aliphatic heterocycles. The number of benzene rings is 2. The molecule has 1 N–H and O–H groups in total. The standard InChI is InChI=1S/C24H32N2O3/c1-18(2)25-24(28)20(4)26(17-21-11-8-10-19(3)16-21)23(27)14-9-15-29-22-12-6-5-7-13-22/h5-8,10-13,16,18,20H,9,14-15,17H2,1-4H3,(H,25,28)/t20-/m1/s1. The lowest BCUT2D eigenvalue weighted by atomic mass is 10.1. The largest absolute Gasteiger partial charge is 0.494 e. The molecular formula is C24H32N2O3. The number of nitrogens with zero attached hydrogens (tertiary/aromatic N) is 1. The highest BCUT2D eigenvalue weighted by Gasteiger charge is 2.26. The molecule has 1 atom stereocenters. The summed E-state index contributed by atoms with van der Waals surface area (Å²) in [5.41, 5.74) is 2.15. The van der Waals surface area contributed by atoms with E-state index < -0.39 is 6.04 Å². The molecule has 0 aliphatic rings. The molecule has 156 valence electrons. The number of hydrogen-bond acceptors (Lipinski definition) is 3. The summed E-state index contributed by atoms with van der Waals surface area (Å²) < 4.78 is 5.68. The van der Waals surface area contributed by atoms with E-state index in [9.17, 15) is 9.59 Å². The quantitative estimate of drug-likeness (QED) is 0.615. The van der Waals surface area contributed by atoms with Crippen LogP contribution >= 0.6 is 0 Å². The fourth-order valence-corrected chi connectivity index (χ4v) is 3.07. The van der Waals surface area contributed by atoms with Gasteiger partial charge in [-0.3, -0.25) is 9.59 Å². The maximum Gasteiger partial charge on any atom is 0.242 e. The number of nitrogens with one attached hydrogen (secondary N) is 1. The average molecular weight is 397 g/mol. The minimum atomic E-state index is -0.541. The summed E-state index contributed by atoms with van der Waals surface area (Å²) in [5, 5.41) is 2.91. The minimum absolute atomic E-state index is 0.0279. The third-order valence-electron chi connectivity index (χ3n) is 4.58. The van der Waals surface area contributed by atoms with Crippen molar-refractivity contribution in [1.82, 2.24) is 10.2 Å². The van der Waals surface area contributed by atoms with Gasteiger partial charge in [-0.1, -0.05) is 48.0 Å². The smallest absolute Gasteiger partial charge is 0.242 e. The molecule has 0 saturated heterocycles. The number of carbonyl (C=O) groups is 2. The van der Waals surface area contributed by atoms with Crippen molar-refractivity contribution >= 4 is 11.8 Å². The Balaban J connectivity index is 2.00. The van der Waals surface area contributed by atoms with Crippen molar-refractivity contribution < 1.29 is 14.3 Å². The topological polar surface area (TPSA) is 58.6 Å². The predicted molar refractivity (Wildman–Crippen MR) is 116 cm³/mol. The predicted octanol–water partition coefficient (Wildman–Crippen LogP) is 4.10. The SMILES string of the molecule is Cc1cccc(CN(C(=O)CCCOc2ccccc2)[C@H](C)C(=O)NC(C)C)c1. The molecule has 2 aromatic rings. The van der Waals surface area contributed by atoms with E-state index in [1.807, 2.05) is 75.4 Å². The van der Waals surface area contributed by atoms with E-state index >= 15 is 0 Å². The molecule has 0 heterocycles. The molecule has 29 heavy (non-hydrogen) atoms. The Labute approximate surface area is 174 Å². The zero-order chi connectivity index (χ0) is 21.2. The minimum Gasteiger partial charge on any atom is -0.494 e. The molecule has 5 nitrogen and oxygen atoms in total. The van der Waals surface area contributed by atoms with E-state index in [1.165, 1.54) is 0 Å². The first-order valence-corrected chi connectivity index (χ1v) is 10.2. The molecule has 0 radical (unpaired) electrons. The second-order valence-electron chi connectivity index (χ2n) is 7.62. The average Bonchev–Trinajstić information content (AvgIpc) is 2.69.